The molecule has 0 aliphatic carbocycles. The van der Waals surface area contributed by atoms with E-state index in [4.69, 9.17) is 0 Å². The Morgan fingerprint density at radius 3 is 2.67 bits per heavy atom. The lowest BCUT2D eigenvalue weighted by Crippen LogP contribution is -1.88. The average molecular weight is 128 g/mol. The van der Waals surface area contributed by atoms with E-state index in [9.17, 15) is 4.39 Å². The Kier molecular flexibility index (Phi) is 1.51. The van der Waals surface area contributed by atoms with E-state index in [2.05, 4.69) is 4.98 Å². The number of hydrogen-bond acceptors (Lipinski definition) is 1. The number of nitrogens with zero attached hydrogens (tertiary/aromatic N) is 2. The van der Waals surface area contributed by atoms with Gasteiger partial charge in [-0.1, -0.05) is 6.92 Å². The van der Waals surface area contributed by atoms with Gasteiger partial charge in [-0.15, -0.1) is 0 Å². The monoisotopic (exact) mass is 128 g/mol. The molecule has 0 amide bonds. The van der Waals surface area contributed by atoms with Gasteiger partial charge in [0.25, 0.3) is 6.08 Å². The van der Waals surface area contributed by atoms with Gasteiger partial charge in [-0.25, -0.2) is 4.98 Å². The number of hydrogen-bond donors (Lipinski definition) is 0. The molecule has 0 aromatic carbocycles. The summed E-state index contributed by atoms with van der Waals surface area (Å²) in [5, 5.41) is 0. The first-order chi connectivity index (χ1) is 4.24. The summed E-state index contributed by atoms with van der Waals surface area (Å²) in [5.74, 6) is 0. The normalized spacial score (nSPS) is 10.1. The fourth-order valence-electron chi connectivity index (χ4n) is 0.673. The van der Waals surface area contributed by atoms with Crippen LogP contribution in [0.4, 0.5) is 4.39 Å². The molecule has 0 aliphatic heterocycles. The van der Waals surface area contributed by atoms with E-state index < -0.39 is 6.08 Å². The van der Waals surface area contributed by atoms with Crippen LogP contribution in [0.5, 0.6) is 0 Å². The van der Waals surface area contributed by atoms with E-state index in [0.29, 0.717) is 0 Å². The molecule has 0 bridgehead atoms. The maximum absolute atomic E-state index is 12.4. The fraction of sp³-hybridized carbons (Fsp3) is 0.500. The van der Waals surface area contributed by atoms with Crippen LogP contribution in [0.3, 0.4) is 0 Å². The topological polar surface area (TPSA) is 17.8 Å². The van der Waals surface area contributed by atoms with Gasteiger partial charge in [-0.2, -0.15) is 4.39 Å². The smallest absolute Gasteiger partial charge is 0.289 e. The number of rotatable bonds is 1. The first kappa shape index (κ1) is 6.26. The van der Waals surface area contributed by atoms with Crippen LogP contribution < -0.4 is 0 Å². The van der Waals surface area contributed by atoms with Gasteiger partial charge in [0.05, 0.1) is 5.69 Å². The summed E-state index contributed by atoms with van der Waals surface area (Å²) in [7, 11) is 1.64. The minimum atomic E-state index is -0.410. The van der Waals surface area contributed by atoms with Gasteiger partial charge in [0.1, 0.15) is 0 Å². The van der Waals surface area contributed by atoms with Crippen LogP contribution in [0.25, 0.3) is 0 Å². The molecule has 0 saturated carbocycles. The molecular weight excluding hydrogens is 119 g/mol. The van der Waals surface area contributed by atoms with Gasteiger partial charge in [0.15, 0.2) is 0 Å². The van der Waals surface area contributed by atoms with Gasteiger partial charge < -0.3 is 4.57 Å². The second kappa shape index (κ2) is 2.17. The van der Waals surface area contributed by atoms with E-state index in [1.807, 2.05) is 6.92 Å². The summed E-state index contributed by atoms with van der Waals surface area (Å²) >= 11 is 0. The zero-order chi connectivity index (χ0) is 6.85. The minimum Gasteiger partial charge on any atom is -0.310 e. The van der Waals surface area contributed by atoms with Crippen LogP contribution in [0.2, 0.25) is 0 Å². The average Bonchev–Trinajstić information content (AvgIpc) is 2.13. The van der Waals surface area contributed by atoms with Crippen molar-refractivity contribution in [3.8, 4) is 0 Å². The van der Waals surface area contributed by atoms with E-state index in [1.165, 1.54) is 4.57 Å². The van der Waals surface area contributed by atoms with E-state index >= 15 is 0 Å². The van der Waals surface area contributed by atoms with E-state index in [0.717, 1.165) is 12.1 Å². The molecule has 3 heteroatoms. The summed E-state index contributed by atoms with van der Waals surface area (Å²) in [4.78, 5) is 3.62. The minimum absolute atomic E-state index is 0.410. The summed E-state index contributed by atoms with van der Waals surface area (Å²) < 4.78 is 13.8. The second-order valence-corrected chi connectivity index (χ2v) is 1.97. The van der Waals surface area contributed by atoms with Gasteiger partial charge in [-0.3, -0.25) is 0 Å². The molecule has 0 spiro atoms. The van der Waals surface area contributed by atoms with Crippen molar-refractivity contribution in [3.63, 3.8) is 0 Å². The highest BCUT2D eigenvalue weighted by Crippen LogP contribution is 1.98. The maximum Gasteiger partial charge on any atom is 0.289 e. The van der Waals surface area contributed by atoms with Crippen LogP contribution in [0, 0.1) is 6.08 Å². The highest BCUT2D eigenvalue weighted by molar-refractivity contribution is 4.95. The Hall–Kier alpha value is -0.860. The number of aromatic nitrogens is 2. The fourth-order valence-corrected chi connectivity index (χ4v) is 0.673. The highest BCUT2D eigenvalue weighted by Gasteiger charge is 1.99. The first-order valence-electron chi connectivity index (χ1n) is 2.91. The van der Waals surface area contributed by atoms with Crippen molar-refractivity contribution in [1.82, 2.24) is 9.55 Å². The van der Waals surface area contributed by atoms with E-state index in [-0.39, 0.29) is 0 Å². The molecule has 9 heavy (non-hydrogen) atoms. The van der Waals surface area contributed by atoms with Crippen molar-refractivity contribution in [2.24, 2.45) is 7.05 Å². The molecule has 0 aliphatic rings. The summed E-state index contributed by atoms with van der Waals surface area (Å²) in [6.07, 6.45) is 2.07. The predicted octanol–water partition coefficient (Wildman–Crippen LogP) is 1.12. The van der Waals surface area contributed by atoms with Gasteiger partial charge in [-0.05, 0) is 6.42 Å². The van der Waals surface area contributed by atoms with Gasteiger partial charge in [0.2, 0.25) is 0 Å². The molecule has 0 atom stereocenters. The third kappa shape index (κ3) is 1.09. The Labute approximate surface area is 53.3 Å². The standard InChI is InChI=1S/C6H9FN2/c1-3-5-4-9(2)6(7)8-5/h4H,3H2,1-2H3. The number of imidazole rings is 1. The molecule has 0 radical (unpaired) electrons. The SMILES string of the molecule is CCc1cn(C)c(F)n1. The molecule has 2 nitrogen and oxygen atoms in total. The number of aryl methyl sites for hydroxylation is 2. The summed E-state index contributed by atoms with van der Waals surface area (Å²) in [6.45, 7) is 1.95. The Morgan fingerprint density at radius 2 is 2.44 bits per heavy atom. The van der Waals surface area contributed by atoms with Crippen LogP contribution in [-0.4, -0.2) is 9.55 Å². The zero-order valence-corrected chi connectivity index (χ0v) is 5.56. The molecule has 0 N–H and O–H groups in total. The Bertz CT molecular complexity index is 185. The lowest BCUT2D eigenvalue weighted by Gasteiger charge is -1.83. The molecule has 1 heterocycles. The number of halogens is 1. The van der Waals surface area contributed by atoms with Crippen LogP contribution in [0.1, 0.15) is 12.6 Å². The van der Waals surface area contributed by atoms with Gasteiger partial charge >= 0.3 is 0 Å². The Balaban J connectivity index is 2.98. The van der Waals surface area contributed by atoms with Gasteiger partial charge in [0, 0.05) is 13.2 Å². The predicted molar refractivity (Wildman–Crippen MR) is 32.5 cm³/mol. The molecule has 0 fully saturated rings. The molecule has 1 rings (SSSR count). The molecule has 1 aromatic rings. The molecule has 50 valence electrons. The second-order valence-electron chi connectivity index (χ2n) is 1.97. The first-order valence-corrected chi connectivity index (χ1v) is 2.91. The quantitative estimate of drug-likeness (QED) is 0.554. The highest BCUT2D eigenvalue weighted by atomic mass is 19.1. The molecule has 0 unspecified atom stereocenters. The third-order valence-electron chi connectivity index (χ3n) is 1.23. The maximum atomic E-state index is 12.4. The molecule has 0 saturated heterocycles. The van der Waals surface area contributed by atoms with Crippen molar-refractivity contribution < 1.29 is 4.39 Å². The van der Waals surface area contributed by atoms with Crippen molar-refractivity contribution in [1.29, 1.82) is 0 Å². The van der Waals surface area contributed by atoms with E-state index in [1.54, 1.807) is 13.2 Å². The summed E-state index contributed by atoms with van der Waals surface area (Å²) in [6, 6.07) is 0. The van der Waals surface area contributed by atoms with Crippen molar-refractivity contribution in [3.05, 3.63) is 18.0 Å². The molecular formula is C6H9FN2. The van der Waals surface area contributed by atoms with Crippen LogP contribution in [0.15, 0.2) is 6.20 Å². The lowest BCUT2D eigenvalue weighted by molar-refractivity contribution is 0.499. The Morgan fingerprint density at radius 1 is 1.78 bits per heavy atom. The van der Waals surface area contributed by atoms with Crippen molar-refractivity contribution in [2.45, 2.75) is 13.3 Å². The lowest BCUT2D eigenvalue weighted by atomic mass is 10.4. The largest absolute Gasteiger partial charge is 0.310 e. The van der Waals surface area contributed by atoms with Crippen molar-refractivity contribution >= 4 is 0 Å². The van der Waals surface area contributed by atoms with Crippen LogP contribution in [-0.2, 0) is 13.5 Å². The molecule has 1 aromatic heterocycles. The van der Waals surface area contributed by atoms with Crippen molar-refractivity contribution in [2.75, 3.05) is 0 Å². The zero-order valence-electron chi connectivity index (χ0n) is 5.56. The third-order valence-corrected chi connectivity index (χ3v) is 1.23. The van der Waals surface area contributed by atoms with Crippen LogP contribution >= 0.6 is 0 Å². The summed E-state index contributed by atoms with van der Waals surface area (Å²) in [5.41, 5.74) is 0.801.